The number of hydrogen-bond donors (Lipinski definition) is 13. The number of carbonyl (C=O) groups excluding carboxylic acids is 4. The van der Waals surface area contributed by atoms with E-state index in [9.17, 15) is 125 Å². The van der Waals surface area contributed by atoms with Crippen LogP contribution in [0.4, 0.5) is 0 Å². The van der Waals surface area contributed by atoms with Crippen LogP contribution in [0.1, 0.15) is 73.3 Å². The van der Waals surface area contributed by atoms with Crippen molar-refractivity contribution in [2.75, 3.05) is 156 Å². The van der Waals surface area contributed by atoms with E-state index in [0.29, 0.717) is 52.4 Å². The topological polar surface area (TPSA) is 837 Å². The number of benzene rings is 2. The van der Waals surface area contributed by atoms with Gasteiger partial charge < -0.3 is 141 Å². The number of aliphatic carboxylic acids is 2. The Morgan fingerprint density at radius 1 is 0.436 bits per heavy atom. The van der Waals surface area contributed by atoms with Crippen molar-refractivity contribution in [1.82, 2.24) is 25.6 Å². The van der Waals surface area contributed by atoms with Crippen molar-refractivity contribution in [3.63, 3.8) is 0 Å². The molecule has 854 valence electrons. The van der Waals surface area contributed by atoms with E-state index in [-0.39, 0.29) is 83.5 Å². The third kappa shape index (κ3) is 37.9. The first-order valence-electron chi connectivity index (χ1n) is 45.1. The van der Waals surface area contributed by atoms with Crippen LogP contribution in [0.15, 0.2) is 35.2 Å². The fourth-order valence-corrected chi connectivity index (χ4v) is 21.1. The average Bonchev–Trinajstić information content (AvgIpc) is 0.748. The Hall–Kier alpha value is -6.98. The van der Waals surface area contributed by atoms with E-state index in [2.05, 4.69) is 33.2 Å². The third-order valence-corrected chi connectivity index (χ3v) is 28.2. The lowest BCUT2D eigenvalue weighted by Gasteiger charge is -2.51. The number of sulfonamides is 1. The maximum absolute atomic E-state index is 14.5. The summed E-state index contributed by atoms with van der Waals surface area (Å²) in [7, 11) is -30.3. The Kier molecular flexibility index (Phi) is 49.2. The number of ether oxygens (including phenoxy) is 22. The molecule has 2 aromatic carbocycles. The molecule has 6 aliphatic heterocycles. The Morgan fingerprint density at radius 3 is 1.27 bits per heavy atom. The smallest absolute Gasteiger partial charge is 0.397 e. The second kappa shape index (κ2) is 57.6. The van der Waals surface area contributed by atoms with Gasteiger partial charge in [-0.3, -0.25) is 46.5 Å². The fraction of sp³-hybridized carbons (Fsp3) is 0.762. The molecule has 69 heteroatoms. The van der Waals surface area contributed by atoms with Crippen molar-refractivity contribution in [3.8, 4) is 5.75 Å². The average molecular weight is 2290 g/mol. The maximum Gasteiger partial charge on any atom is 0.397 e. The SMILES string of the molecule is COc1cc(C)c(S(=O)(=O)NC(CC(=O)NCCCC(=O)NCCOCCOCCOCCO[C@H]2[C@H](OC)[C@@H](OC)[C@@H](O[C@H]3[C@H](OC)[C@@H](OC)[C@H](O[C@H]4[C@H](OS(=O)(=O)O)[C@@H](OS(=O)(=O)O)[C@@H](O[C@H]5[C@H](OC)[C@@H](OC)[C@H](O[C@H]6[C@H](OC)[C@@H](OS(=O)(=O)O)[C@@H](OC)O[C@@H]6COS(=O)(=O)O)O[C@H]5C(=O)O)O[C@@H]4COS(=O)(=O)O)O[C@@H]3C(=O)O)O[C@@H]2COS(=O)(=O)O)C(=O)NC(Cc2ccc(C(C)=N)cc2)C(=O)N2CCCCC2)c(C)c1C. The van der Waals surface area contributed by atoms with Gasteiger partial charge in [-0.25, -0.2) is 43.1 Å². The summed E-state index contributed by atoms with van der Waals surface area (Å²) in [6, 6.07) is 5.48. The number of nitrogens with zero attached hydrogens (tertiary/aromatic N) is 1. The minimum atomic E-state index is -6.22. The molecule has 6 heterocycles. The van der Waals surface area contributed by atoms with Crippen LogP contribution >= 0.6 is 0 Å². The van der Waals surface area contributed by atoms with Gasteiger partial charge in [0.2, 0.25) is 33.7 Å². The lowest BCUT2D eigenvalue weighted by molar-refractivity contribution is -0.389. The van der Waals surface area contributed by atoms with Gasteiger partial charge >= 0.3 is 74.3 Å². The molecule has 62 nitrogen and oxygen atoms in total. The number of hydrogen-bond acceptors (Lipinski definition) is 49. The first-order chi connectivity index (χ1) is 69.9. The summed E-state index contributed by atoms with van der Waals surface area (Å²) < 4.78 is 395. The van der Waals surface area contributed by atoms with Crippen LogP contribution < -0.4 is 25.4 Å². The van der Waals surface area contributed by atoms with Gasteiger partial charge in [-0.2, -0.15) is 55.2 Å². The Bertz CT molecular complexity index is 5590. The molecule has 27 atom stereocenters. The Balaban J connectivity index is 0.876. The highest BCUT2D eigenvalue weighted by atomic mass is 32.3. The molecule has 0 aromatic heterocycles. The number of nitrogens with one attached hydrogen (secondary N) is 5. The number of rotatable bonds is 62. The molecular formula is C80H126N6O56S7. The number of carboxylic acids is 2. The maximum atomic E-state index is 14.5. The number of carbonyl (C=O) groups is 6. The first-order valence-corrected chi connectivity index (χ1v) is 54.7. The zero-order valence-corrected chi connectivity index (χ0v) is 88.0. The number of likely N-dealkylation sites (tertiary alicyclic amines) is 1. The number of methoxy groups -OCH3 is 9. The molecule has 0 saturated carbocycles. The van der Waals surface area contributed by atoms with Gasteiger partial charge in [0.15, 0.2) is 55.9 Å². The van der Waals surface area contributed by atoms with Crippen LogP contribution in [0.3, 0.4) is 0 Å². The second-order valence-corrected chi connectivity index (χ2v) is 41.7. The van der Waals surface area contributed by atoms with E-state index in [1.165, 1.54) is 13.2 Å². The standard InChI is InChI=1S/C80H126N6O56S7/c1-40-34-48(115-5)41(2)42(3)71(40)143(95,96)85-46(72(89)84-47(73(90)86-25-15-14-16-26-86)35-44-19-21-45(22-20-44)43(4)81)36-53(88)82-23-17-18-52(87)83-24-27-124-28-29-125-30-31-126-32-33-127-54-49(37-128-144(97,98)99)132-77(66(120-10)57(54)116-6)136-61-59(118-8)68(122-12)79(139-64(61)74(91)92)135-56-51(39-130-146(103,104)105)133-80(70(142-149(112,113)114)63(56)140-147(106,107)108)137-62-60(119-9)67(121-11)78(138-65(62)75(93)94)134-55-50(38-129-145(100,101)102)131-76(123-13)69(58(55)117-7)141-148(109,110)111/h19-22,34,46-47,49-51,54-70,76-81,85H,14-18,23-33,35-39H2,1-13H3,(H,82,88)(H,83,87)(H,84,89)(H,91,92)(H,93,94)(H,97,98,99)(H,100,101,102)(H,103,104,105)(H,106,107,108)(H,109,110,111)(H,112,113,114)/t46?,47?,49-,50-,51-,54-,55-,56-,57+,58+,59+,60+,61+,62+,63+,64+,65-,66-,67-,68-,69-,70-,76+,77-,78-,79-,80-/m1/s1. The zero-order valence-electron chi connectivity index (χ0n) is 82.3. The van der Waals surface area contributed by atoms with Crippen molar-refractivity contribution in [2.24, 2.45) is 0 Å². The number of piperidine rings is 1. The van der Waals surface area contributed by atoms with Gasteiger partial charge in [0.1, 0.15) is 115 Å². The van der Waals surface area contributed by atoms with E-state index < -0.39 is 300 Å². The van der Waals surface area contributed by atoms with Crippen LogP contribution in [-0.2, 0) is 232 Å². The van der Waals surface area contributed by atoms with Gasteiger partial charge in [0, 0.05) is 102 Å². The van der Waals surface area contributed by atoms with E-state index in [4.69, 9.17) is 122 Å². The van der Waals surface area contributed by atoms with Crippen LogP contribution in [0.2, 0.25) is 0 Å². The van der Waals surface area contributed by atoms with Crippen LogP contribution in [0.5, 0.6) is 5.75 Å². The molecule has 149 heavy (non-hydrogen) atoms. The summed E-state index contributed by atoms with van der Waals surface area (Å²) in [5, 5.41) is 38.0. The zero-order chi connectivity index (χ0) is 111. The summed E-state index contributed by atoms with van der Waals surface area (Å²) >= 11 is 0. The van der Waals surface area contributed by atoms with E-state index in [0.717, 1.165) is 76.1 Å². The predicted octanol–water partition coefficient (Wildman–Crippen LogP) is -4.66. The van der Waals surface area contributed by atoms with Crippen molar-refractivity contribution < 1.29 is 255 Å². The number of aryl methyl sites for hydroxylation is 1. The largest absolute Gasteiger partial charge is 0.496 e. The van der Waals surface area contributed by atoms with Crippen molar-refractivity contribution in [1.29, 1.82) is 5.41 Å². The summed E-state index contributed by atoms with van der Waals surface area (Å²) in [5.41, 5.74) is 2.73. The Labute approximate surface area is 857 Å². The van der Waals surface area contributed by atoms with Gasteiger partial charge in [-0.1, -0.05) is 24.3 Å². The van der Waals surface area contributed by atoms with Crippen molar-refractivity contribution >= 4 is 114 Å². The molecule has 0 radical (unpaired) electrons. The fourth-order valence-electron chi connectivity index (χ4n) is 17.0. The van der Waals surface area contributed by atoms with Gasteiger partial charge in [-0.05, 0) is 87.3 Å². The van der Waals surface area contributed by atoms with Crippen molar-refractivity contribution in [3.05, 3.63) is 58.1 Å². The van der Waals surface area contributed by atoms with Gasteiger partial charge in [0.25, 0.3) is 0 Å². The number of carboxylic acid groups (broad SMARTS) is 2. The molecule has 6 aliphatic rings. The molecule has 2 unspecified atom stereocenters. The second-order valence-electron chi connectivity index (χ2n) is 33.6. The molecule has 6 saturated heterocycles. The molecule has 8 rings (SSSR count). The first kappa shape index (κ1) is 127. The van der Waals surface area contributed by atoms with Crippen LogP contribution in [0.25, 0.3) is 0 Å². The summed E-state index contributed by atoms with van der Waals surface area (Å²) in [6.07, 6.45) is -54.6. The number of amides is 4. The lowest BCUT2D eigenvalue weighted by atomic mass is 9.94. The van der Waals surface area contributed by atoms with Crippen LogP contribution in [0, 0.1) is 26.2 Å². The van der Waals surface area contributed by atoms with E-state index in [1.54, 1.807) is 56.9 Å². The van der Waals surface area contributed by atoms with Crippen molar-refractivity contribution in [2.45, 2.75) is 243 Å². The summed E-state index contributed by atoms with van der Waals surface area (Å²) in [5.74, 6) is -6.30. The predicted molar refractivity (Wildman–Crippen MR) is 491 cm³/mol. The van der Waals surface area contributed by atoms with E-state index in [1.807, 2.05) is 0 Å². The normalized spacial score (nSPS) is 29.0. The molecule has 2 aromatic rings. The molecule has 4 amide bonds. The van der Waals surface area contributed by atoms with Gasteiger partial charge in [-0.15, -0.1) is 0 Å². The molecule has 0 bridgehead atoms. The highest BCUT2D eigenvalue weighted by molar-refractivity contribution is 7.89. The molecular weight excluding hydrogens is 2170 g/mol. The van der Waals surface area contributed by atoms with Gasteiger partial charge in [0.05, 0.1) is 84.5 Å². The molecule has 13 N–H and O–H groups in total. The third-order valence-electron chi connectivity index (χ3n) is 23.7. The minimum Gasteiger partial charge on any atom is -0.496 e. The molecule has 0 spiro atoms. The van der Waals surface area contributed by atoms with E-state index >= 15 is 0 Å². The van der Waals surface area contributed by atoms with Crippen LogP contribution in [-0.4, -0.2) is 464 Å². The highest BCUT2D eigenvalue weighted by Crippen LogP contribution is 2.43. The molecule has 0 aliphatic carbocycles. The Morgan fingerprint density at radius 2 is 0.832 bits per heavy atom. The minimum absolute atomic E-state index is 0.00461. The molecule has 6 fully saturated rings. The summed E-state index contributed by atoms with van der Waals surface area (Å²) in [6.45, 7) is 2.51. The monoisotopic (exact) mass is 2290 g/mol. The lowest BCUT2D eigenvalue weighted by Crippen LogP contribution is -2.70. The highest BCUT2D eigenvalue weighted by Gasteiger charge is 2.63. The quantitative estimate of drug-likeness (QED) is 0.0168. The summed E-state index contributed by atoms with van der Waals surface area (Å²) in [4.78, 5) is 83.9.